The zero-order valence-electron chi connectivity index (χ0n) is 18.2. The Morgan fingerprint density at radius 3 is 1.71 bits per heavy atom. The first-order valence-corrected chi connectivity index (χ1v) is 11.2. The number of primary amides is 1. The maximum atomic E-state index is 13.8. The summed E-state index contributed by atoms with van der Waals surface area (Å²) in [6.07, 6.45) is 0. The molecular weight excluding hydrogens is 422 g/mol. The van der Waals surface area contributed by atoms with Gasteiger partial charge in [-0.05, 0) is 34.4 Å². The van der Waals surface area contributed by atoms with Crippen LogP contribution in [0, 0.1) is 0 Å². The molecule has 1 aliphatic carbocycles. The van der Waals surface area contributed by atoms with Gasteiger partial charge in [-0.3, -0.25) is 9.59 Å². The number of rotatable bonds is 4. The molecule has 0 unspecified atom stereocenters. The van der Waals surface area contributed by atoms with Crippen molar-refractivity contribution in [3.63, 3.8) is 0 Å². The van der Waals surface area contributed by atoms with Gasteiger partial charge in [0.05, 0.1) is 16.6 Å². The minimum atomic E-state index is -0.914. The molecule has 5 aromatic rings. The van der Waals surface area contributed by atoms with Crippen molar-refractivity contribution < 1.29 is 9.59 Å². The lowest BCUT2D eigenvalue weighted by molar-refractivity contribution is -0.120. The fourth-order valence-corrected chi connectivity index (χ4v) is 5.17. The number of hydrogen-bond acceptors (Lipinski definition) is 3. The minimum Gasteiger partial charge on any atom is -0.368 e. The number of nitrogens with zero attached hydrogens (tertiary/aromatic N) is 1. The summed E-state index contributed by atoms with van der Waals surface area (Å²) < 4.78 is 0. The molecule has 1 heterocycles. The van der Waals surface area contributed by atoms with Crippen LogP contribution in [0.3, 0.4) is 0 Å². The predicted molar refractivity (Wildman–Crippen MR) is 133 cm³/mol. The molecule has 5 heteroatoms. The lowest BCUT2D eigenvalue weighted by Crippen LogP contribution is -2.48. The number of nitrogens with one attached hydrogen (secondary N) is 1. The number of aromatic nitrogens is 1. The molecule has 1 atom stereocenters. The third-order valence-electron chi connectivity index (χ3n) is 6.62. The molecule has 0 spiro atoms. The van der Waals surface area contributed by atoms with Gasteiger partial charge in [-0.2, -0.15) is 0 Å². The van der Waals surface area contributed by atoms with Gasteiger partial charge in [-0.25, -0.2) is 4.98 Å². The average Bonchev–Trinajstić information content (AvgIpc) is 3.19. The van der Waals surface area contributed by atoms with Gasteiger partial charge < -0.3 is 11.1 Å². The Morgan fingerprint density at radius 1 is 0.706 bits per heavy atom. The molecule has 0 fully saturated rings. The van der Waals surface area contributed by atoms with E-state index < -0.39 is 11.9 Å². The lowest BCUT2D eigenvalue weighted by Gasteiger charge is -2.24. The van der Waals surface area contributed by atoms with Gasteiger partial charge in [-0.1, -0.05) is 84.9 Å². The van der Waals surface area contributed by atoms with Crippen molar-refractivity contribution in [2.45, 2.75) is 12.0 Å². The lowest BCUT2D eigenvalue weighted by atomic mass is 9.88. The summed E-state index contributed by atoms with van der Waals surface area (Å²) in [6.45, 7) is 0. The fourth-order valence-electron chi connectivity index (χ4n) is 5.17. The third kappa shape index (κ3) is 3.05. The zero-order valence-corrected chi connectivity index (χ0v) is 18.2. The highest BCUT2D eigenvalue weighted by atomic mass is 16.2. The first-order chi connectivity index (χ1) is 16.6. The molecule has 3 N–H and O–H groups in total. The number of pyridine rings is 1. The van der Waals surface area contributed by atoms with E-state index in [9.17, 15) is 9.59 Å². The molecule has 5 nitrogen and oxygen atoms in total. The summed E-state index contributed by atoms with van der Waals surface area (Å²) in [5.74, 6) is -1.29. The highest BCUT2D eigenvalue weighted by Gasteiger charge is 2.38. The monoisotopic (exact) mass is 443 g/mol. The van der Waals surface area contributed by atoms with E-state index in [4.69, 9.17) is 10.7 Å². The Bertz CT molecular complexity index is 1510. The molecular formula is C29H21N3O2. The van der Waals surface area contributed by atoms with Crippen molar-refractivity contribution in [3.05, 3.63) is 114 Å². The second-order valence-electron chi connectivity index (χ2n) is 8.53. The van der Waals surface area contributed by atoms with E-state index in [1.807, 2.05) is 97.1 Å². The van der Waals surface area contributed by atoms with E-state index in [0.717, 1.165) is 44.1 Å². The average molecular weight is 444 g/mol. The number of amides is 2. The third-order valence-corrected chi connectivity index (χ3v) is 6.62. The standard InChI is InChI=1S/C29H21N3O2/c30-28(33)27(25-19-11-3-1-9-17(19)18-10-2-4-12-20(18)25)32-29(34)26-21-13-5-7-15-23(21)31-24-16-8-6-14-22(24)26/h1-16,25,27H,(H2,30,33)(H,32,34)/t27-/m0/s1. The largest absolute Gasteiger partial charge is 0.368 e. The van der Waals surface area contributed by atoms with Crippen LogP contribution in [0.2, 0.25) is 0 Å². The molecule has 164 valence electrons. The van der Waals surface area contributed by atoms with Crippen LogP contribution < -0.4 is 11.1 Å². The van der Waals surface area contributed by atoms with E-state index >= 15 is 0 Å². The molecule has 1 aliphatic rings. The first kappa shape index (κ1) is 20.1. The van der Waals surface area contributed by atoms with Crippen LogP contribution >= 0.6 is 0 Å². The van der Waals surface area contributed by atoms with Gasteiger partial charge in [-0.15, -0.1) is 0 Å². The normalized spacial score (nSPS) is 13.4. The van der Waals surface area contributed by atoms with Gasteiger partial charge >= 0.3 is 0 Å². The van der Waals surface area contributed by atoms with Crippen LogP contribution in [0.15, 0.2) is 97.1 Å². The maximum absolute atomic E-state index is 13.8. The summed E-state index contributed by atoms with van der Waals surface area (Å²) in [7, 11) is 0. The van der Waals surface area contributed by atoms with Crippen molar-refractivity contribution in [2.24, 2.45) is 5.73 Å². The number of hydrogen-bond donors (Lipinski definition) is 2. The summed E-state index contributed by atoms with van der Waals surface area (Å²) in [4.78, 5) is 31.3. The van der Waals surface area contributed by atoms with Crippen molar-refractivity contribution in [1.29, 1.82) is 0 Å². The topological polar surface area (TPSA) is 85.1 Å². The van der Waals surface area contributed by atoms with E-state index in [2.05, 4.69) is 5.32 Å². The fraction of sp³-hybridized carbons (Fsp3) is 0.0690. The molecule has 0 saturated heterocycles. The van der Waals surface area contributed by atoms with E-state index in [1.165, 1.54) is 0 Å². The Labute approximate surface area is 196 Å². The summed E-state index contributed by atoms with van der Waals surface area (Å²) in [5.41, 5.74) is 11.9. The second-order valence-corrected chi connectivity index (χ2v) is 8.53. The molecule has 1 aromatic heterocycles. The van der Waals surface area contributed by atoms with Gasteiger partial charge in [0.25, 0.3) is 5.91 Å². The number of carbonyl (C=O) groups excluding carboxylic acids is 2. The molecule has 2 amide bonds. The van der Waals surface area contributed by atoms with Gasteiger partial charge in [0.2, 0.25) is 5.91 Å². The number of fused-ring (bicyclic) bond motifs is 5. The van der Waals surface area contributed by atoms with Crippen LogP contribution in [0.4, 0.5) is 0 Å². The second kappa shape index (κ2) is 7.81. The molecule has 6 rings (SSSR count). The number of carbonyl (C=O) groups is 2. The highest BCUT2D eigenvalue weighted by molar-refractivity contribution is 6.17. The highest BCUT2D eigenvalue weighted by Crippen LogP contribution is 2.46. The minimum absolute atomic E-state index is 0.347. The zero-order chi connectivity index (χ0) is 23.2. The van der Waals surface area contributed by atoms with Crippen LogP contribution in [-0.2, 0) is 4.79 Å². The van der Waals surface area contributed by atoms with Crippen LogP contribution in [0.1, 0.15) is 27.4 Å². The Kier molecular flexibility index (Phi) is 4.62. The summed E-state index contributed by atoms with van der Waals surface area (Å²) >= 11 is 0. The summed E-state index contributed by atoms with van der Waals surface area (Å²) in [6, 6.07) is 30.1. The number of nitrogens with two attached hydrogens (primary N) is 1. The summed E-state index contributed by atoms with van der Waals surface area (Å²) in [5, 5.41) is 4.46. The molecule has 4 aromatic carbocycles. The van der Waals surface area contributed by atoms with Gasteiger partial charge in [0.1, 0.15) is 6.04 Å². The van der Waals surface area contributed by atoms with E-state index in [0.29, 0.717) is 5.56 Å². The van der Waals surface area contributed by atoms with Crippen molar-refractivity contribution in [2.75, 3.05) is 0 Å². The van der Waals surface area contributed by atoms with Crippen LogP contribution in [0.5, 0.6) is 0 Å². The van der Waals surface area contributed by atoms with Crippen molar-refractivity contribution in [1.82, 2.24) is 10.3 Å². The molecule has 34 heavy (non-hydrogen) atoms. The van der Waals surface area contributed by atoms with E-state index in [1.54, 1.807) is 0 Å². The van der Waals surface area contributed by atoms with E-state index in [-0.39, 0.29) is 11.8 Å². The smallest absolute Gasteiger partial charge is 0.253 e. The van der Waals surface area contributed by atoms with Gasteiger partial charge in [0, 0.05) is 16.7 Å². The predicted octanol–water partition coefficient (Wildman–Crippen LogP) is 4.78. The van der Waals surface area contributed by atoms with Crippen LogP contribution in [0.25, 0.3) is 32.9 Å². The first-order valence-electron chi connectivity index (χ1n) is 11.2. The number of para-hydroxylation sites is 2. The van der Waals surface area contributed by atoms with Gasteiger partial charge in [0.15, 0.2) is 0 Å². The molecule has 0 bridgehead atoms. The maximum Gasteiger partial charge on any atom is 0.253 e. The molecule has 0 radical (unpaired) electrons. The Balaban J connectivity index is 1.49. The number of benzene rings is 4. The van der Waals surface area contributed by atoms with Crippen molar-refractivity contribution >= 4 is 33.6 Å². The molecule has 0 aliphatic heterocycles. The van der Waals surface area contributed by atoms with Crippen molar-refractivity contribution in [3.8, 4) is 11.1 Å². The quantitative estimate of drug-likeness (QED) is 0.392. The molecule has 0 saturated carbocycles. The Hall–Kier alpha value is -4.51. The van der Waals surface area contributed by atoms with Crippen LogP contribution in [-0.4, -0.2) is 22.8 Å². The Morgan fingerprint density at radius 2 is 1.18 bits per heavy atom. The SMILES string of the molecule is NC(=O)[C@@H](NC(=O)c1c2ccccc2nc2ccccc12)C1c2ccccc2-c2ccccc21.